The fourth-order valence-corrected chi connectivity index (χ4v) is 3.74. The Labute approximate surface area is 165 Å². The Morgan fingerprint density at radius 3 is 2.62 bits per heavy atom. The monoisotopic (exact) mass is 451 g/mol. The highest BCUT2D eigenvalue weighted by Gasteiger charge is 2.22. The van der Waals surface area contributed by atoms with Crippen molar-refractivity contribution in [3.63, 3.8) is 0 Å². The van der Waals surface area contributed by atoms with Crippen molar-refractivity contribution in [3.8, 4) is 0 Å². The van der Waals surface area contributed by atoms with Gasteiger partial charge in [0.2, 0.25) is 0 Å². The molecule has 142 valence electrons. The topological polar surface area (TPSA) is 56.9 Å². The summed E-state index contributed by atoms with van der Waals surface area (Å²) in [5.41, 5.74) is 5.99. The number of unbranched alkanes of at least 4 members (excludes halogenated alkanes) is 1. The molecule has 3 N–H and O–H groups in total. The summed E-state index contributed by atoms with van der Waals surface area (Å²) in [4.78, 5) is 9.65. The zero-order valence-electron chi connectivity index (χ0n) is 15.7. The third-order valence-electron chi connectivity index (χ3n) is 5.46. The summed E-state index contributed by atoms with van der Waals surface area (Å²) in [6.07, 6.45) is 7.73. The third kappa shape index (κ3) is 7.87. The molecule has 2 saturated heterocycles. The fraction of sp³-hybridized carbons (Fsp3) is 0.944. The largest absolute Gasteiger partial charge is 0.370 e. The number of aliphatic imine (C=N–C) groups is 1. The molecule has 0 saturated carbocycles. The zero-order valence-corrected chi connectivity index (χ0v) is 18.0. The van der Waals surface area contributed by atoms with Gasteiger partial charge in [-0.2, -0.15) is 0 Å². The molecule has 6 heteroatoms. The van der Waals surface area contributed by atoms with E-state index in [2.05, 4.69) is 34.0 Å². The maximum atomic E-state index is 5.99. The minimum atomic E-state index is 0. The lowest BCUT2D eigenvalue weighted by atomic mass is 9.99. The van der Waals surface area contributed by atoms with Crippen molar-refractivity contribution < 1.29 is 0 Å². The number of nitrogens with one attached hydrogen (secondary N) is 1. The Balaban J connectivity index is 0.00000288. The first kappa shape index (κ1) is 22.0. The standard InChI is InChI=1S/C18H37N5.HI/c1-3-23-12-6-7-17(23)15-21-18(19)20-10-4-5-11-22-13-8-16(2)9-14-22;/h16-17H,3-15H2,1-2H3,(H3,19,20,21);1H. The van der Waals surface area contributed by atoms with Crippen LogP contribution in [-0.2, 0) is 0 Å². The Morgan fingerprint density at radius 1 is 1.17 bits per heavy atom. The molecule has 0 aliphatic carbocycles. The number of nitrogens with two attached hydrogens (primary N) is 1. The average Bonchev–Trinajstić information content (AvgIpc) is 3.02. The van der Waals surface area contributed by atoms with E-state index in [0.29, 0.717) is 12.0 Å². The number of piperidine rings is 1. The molecule has 0 radical (unpaired) electrons. The van der Waals surface area contributed by atoms with Gasteiger partial charge in [-0.25, -0.2) is 0 Å². The number of hydrogen-bond acceptors (Lipinski definition) is 3. The van der Waals surface area contributed by atoms with Gasteiger partial charge in [-0.3, -0.25) is 9.89 Å². The molecule has 0 aromatic rings. The van der Waals surface area contributed by atoms with E-state index in [1.54, 1.807) is 0 Å². The highest BCUT2D eigenvalue weighted by molar-refractivity contribution is 14.0. The number of likely N-dealkylation sites (tertiary alicyclic amines) is 2. The zero-order chi connectivity index (χ0) is 16.5. The summed E-state index contributed by atoms with van der Waals surface area (Å²) >= 11 is 0. The Morgan fingerprint density at radius 2 is 1.92 bits per heavy atom. The Kier molecular flexibility index (Phi) is 11.3. The first-order valence-electron chi connectivity index (χ1n) is 9.69. The minimum Gasteiger partial charge on any atom is -0.370 e. The molecule has 5 nitrogen and oxygen atoms in total. The molecule has 2 heterocycles. The van der Waals surface area contributed by atoms with E-state index in [0.717, 1.165) is 25.6 Å². The summed E-state index contributed by atoms with van der Waals surface area (Å²) in [7, 11) is 0. The average molecular weight is 451 g/mol. The van der Waals surface area contributed by atoms with Crippen molar-refractivity contribution in [3.05, 3.63) is 0 Å². The van der Waals surface area contributed by atoms with E-state index >= 15 is 0 Å². The summed E-state index contributed by atoms with van der Waals surface area (Å²) in [5, 5.41) is 3.27. The Hall–Kier alpha value is -0.0800. The summed E-state index contributed by atoms with van der Waals surface area (Å²) in [5.74, 6) is 1.55. The first-order chi connectivity index (χ1) is 11.2. The number of halogens is 1. The number of guanidine groups is 1. The van der Waals surface area contributed by atoms with Crippen LogP contribution in [0.3, 0.4) is 0 Å². The van der Waals surface area contributed by atoms with Gasteiger partial charge in [-0.15, -0.1) is 24.0 Å². The molecule has 2 aliphatic rings. The number of hydrogen-bond donors (Lipinski definition) is 2. The molecule has 0 bridgehead atoms. The van der Waals surface area contributed by atoms with Crippen LogP contribution in [0.1, 0.15) is 52.4 Å². The molecule has 2 fully saturated rings. The van der Waals surface area contributed by atoms with Crippen molar-refractivity contribution in [1.29, 1.82) is 0 Å². The van der Waals surface area contributed by atoms with Crippen LogP contribution < -0.4 is 11.1 Å². The summed E-state index contributed by atoms with van der Waals surface area (Å²) in [6.45, 7) is 12.5. The van der Waals surface area contributed by atoms with Gasteiger partial charge in [0, 0.05) is 12.6 Å². The van der Waals surface area contributed by atoms with Gasteiger partial charge in [0.1, 0.15) is 0 Å². The van der Waals surface area contributed by atoms with Gasteiger partial charge in [0.05, 0.1) is 6.54 Å². The van der Waals surface area contributed by atoms with Crippen LogP contribution in [0.15, 0.2) is 4.99 Å². The van der Waals surface area contributed by atoms with E-state index in [9.17, 15) is 0 Å². The highest BCUT2D eigenvalue weighted by Crippen LogP contribution is 2.17. The fourth-order valence-electron chi connectivity index (χ4n) is 3.74. The van der Waals surface area contributed by atoms with E-state index in [4.69, 9.17) is 5.73 Å². The molecule has 0 aromatic heterocycles. The number of likely N-dealkylation sites (N-methyl/N-ethyl adjacent to an activating group) is 1. The smallest absolute Gasteiger partial charge is 0.188 e. The molecule has 0 aromatic carbocycles. The van der Waals surface area contributed by atoms with Gasteiger partial charge in [0.15, 0.2) is 5.96 Å². The van der Waals surface area contributed by atoms with Gasteiger partial charge < -0.3 is 16.0 Å². The summed E-state index contributed by atoms with van der Waals surface area (Å²) in [6, 6.07) is 0.599. The van der Waals surface area contributed by atoms with E-state index in [1.165, 1.54) is 64.7 Å². The van der Waals surface area contributed by atoms with Crippen LogP contribution in [0.2, 0.25) is 0 Å². The van der Waals surface area contributed by atoms with Crippen LogP contribution >= 0.6 is 24.0 Å². The SMILES string of the molecule is CCN1CCCC1CN=C(N)NCCCCN1CCC(C)CC1.I. The van der Waals surface area contributed by atoms with Crippen molar-refractivity contribution in [1.82, 2.24) is 15.1 Å². The first-order valence-corrected chi connectivity index (χ1v) is 9.69. The predicted molar refractivity (Wildman–Crippen MR) is 114 cm³/mol. The number of nitrogens with zero attached hydrogens (tertiary/aromatic N) is 3. The molecular formula is C18H38IN5. The minimum absolute atomic E-state index is 0. The second-order valence-electron chi connectivity index (χ2n) is 7.31. The van der Waals surface area contributed by atoms with Gasteiger partial charge in [0.25, 0.3) is 0 Å². The van der Waals surface area contributed by atoms with Gasteiger partial charge in [-0.1, -0.05) is 13.8 Å². The highest BCUT2D eigenvalue weighted by atomic mass is 127. The number of rotatable bonds is 8. The van der Waals surface area contributed by atoms with E-state index < -0.39 is 0 Å². The quantitative estimate of drug-likeness (QED) is 0.258. The lowest BCUT2D eigenvalue weighted by Crippen LogP contribution is -2.36. The summed E-state index contributed by atoms with van der Waals surface area (Å²) < 4.78 is 0. The molecule has 2 rings (SSSR count). The van der Waals surface area contributed by atoms with Crippen LogP contribution in [0, 0.1) is 5.92 Å². The van der Waals surface area contributed by atoms with Crippen molar-refractivity contribution in [2.24, 2.45) is 16.6 Å². The second-order valence-corrected chi connectivity index (χ2v) is 7.31. The van der Waals surface area contributed by atoms with Crippen LogP contribution in [0.4, 0.5) is 0 Å². The molecule has 0 amide bonds. The predicted octanol–water partition coefficient (Wildman–Crippen LogP) is 2.51. The third-order valence-corrected chi connectivity index (χ3v) is 5.46. The molecule has 2 aliphatic heterocycles. The second kappa shape index (κ2) is 12.3. The molecule has 1 atom stereocenters. The van der Waals surface area contributed by atoms with Crippen molar-refractivity contribution >= 4 is 29.9 Å². The van der Waals surface area contributed by atoms with Crippen LogP contribution in [-0.4, -0.2) is 67.6 Å². The van der Waals surface area contributed by atoms with Crippen molar-refractivity contribution in [2.45, 2.75) is 58.4 Å². The lowest BCUT2D eigenvalue weighted by molar-refractivity contribution is 0.189. The van der Waals surface area contributed by atoms with E-state index in [1.807, 2.05) is 0 Å². The maximum absolute atomic E-state index is 5.99. The lowest BCUT2D eigenvalue weighted by Gasteiger charge is -2.30. The maximum Gasteiger partial charge on any atom is 0.188 e. The molecule has 24 heavy (non-hydrogen) atoms. The van der Waals surface area contributed by atoms with Crippen LogP contribution in [0.25, 0.3) is 0 Å². The van der Waals surface area contributed by atoms with Crippen molar-refractivity contribution in [2.75, 3.05) is 45.8 Å². The van der Waals surface area contributed by atoms with Crippen LogP contribution in [0.5, 0.6) is 0 Å². The molecule has 1 unspecified atom stereocenters. The van der Waals surface area contributed by atoms with E-state index in [-0.39, 0.29) is 24.0 Å². The molecular weight excluding hydrogens is 413 g/mol. The molecule has 0 spiro atoms. The van der Waals surface area contributed by atoms with Gasteiger partial charge in [-0.05, 0) is 77.2 Å². The van der Waals surface area contributed by atoms with Gasteiger partial charge >= 0.3 is 0 Å². The Bertz CT molecular complexity index is 355. The normalized spacial score (nSPS) is 24.1.